The Morgan fingerprint density at radius 3 is 0.816 bits per heavy atom. The maximum Gasteiger partial charge on any atom is 0.143 e. The number of hydrogen-bond acceptors (Lipinski definition) is 4. The lowest BCUT2D eigenvalue weighted by atomic mass is 10.1. The number of nitrogens with one attached hydrogen (secondary N) is 4. The van der Waals surface area contributed by atoms with Gasteiger partial charge in [0.15, 0.2) is 0 Å². The van der Waals surface area contributed by atoms with E-state index in [1.54, 1.807) is 0 Å². The second-order valence-electron chi connectivity index (χ2n) is 9.16. The molecule has 180 valence electrons. The molecule has 0 saturated carbocycles. The zero-order valence-electron chi connectivity index (χ0n) is 20.0. The predicted molar refractivity (Wildman–Crippen MR) is 149 cm³/mol. The Kier molecular flexibility index (Phi) is 4.35. The number of H-pyrrole nitrogens is 4. The zero-order valence-corrected chi connectivity index (χ0v) is 20.0. The van der Waals surface area contributed by atoms with Gasteiger partial charge in [0.2, 0.25) is 0 Å². The van der Waals surface area contributed by atoms with Crippen molar-refractivity contribution in [2.45, 2.75) is 0 Å². The lowest BCUT2D eigenvalue weighted by Crippen LogP contribution is -2.03. The number of para-hydroxylation sites is 8. The summed E-state index contributed by atoms with van der Waals surface area (Å²) in [6.45, 7) is 0. The van der Waals surface area contributed by atoms with Gasteiger partial charge in [-0.1, -0.05) is 48.5 Å². The largest absolute Gasteiger partial charge is 0.338 e. The van der Waals surface area contributed by atoms with Crippen molar-refractivity contribution in [2.75, 3.05) is 0 Å². The van der Waals surface area contributed by atoms with Gasteiger partial charge in [-0.2, -0.15) is 0 Å². The van der Waals surface area contributed by atoms with Crippen LogP contribution in [0.25, 0.3) is 55.3 Å². The topological polar surface area (TPSA) is 115 Å². The van der Waals surface area contributed by atoms with Gasteiger partial charge in [-0.05, 0) is 48.5 Å². The van der Waals surface area contributed by atoms with Gasteiger partial charge in [0.05, 0.1) is 55.3 Å². The molecule has 0 atom stereocenters. The van der Waals surface area contributed by atoms with Crippen LogP contribution < -0.4 is 0 Å². The molecule has 0 fully saturated rings. The molecule has 0 aliphatic carbocycles. The number of imidazole rings is 4. The van der Waals surface area contributed by atoms with E-state index in [0.717, 1.165) is 55.3 Å². The van der Waals surface area contributed by atoms with Crippen molar-refractivity contribution in [3.05, 3.63) is 120 Å². The lowest BCUT2D eigenvalue weighted by molar-refractivity contribution is 1.15. The molecule has 0 aliphatic rings. The van der Waals surface area contributed by atoms with E-state index in [1.807, 2.05) is 97.1 Å². The summed E-state index contributed by atoms with van der Waals surface area (Å²) in [4.78, 5) is 34.0. The maximum atomic E-state index is 4.98. The molecule has 4 heterocycles. The highest BCUT2D eigenvalue weighted by Crippen LogP contribution is 2.35. The fourth-order valence-corrected chi connectivity index (χ4v) is 4.98. The molecule has 0 amide bonds. The summed E-state index contributed by atoms with van der Waals surface area (Å²) in [5.74, 6) is 2.67. The van der Waals surface area contributed by atoms with Gasteiger partial charge in [-0.15, -0.1) is 0 Å². The minimum atomic E-state index is 0.668. The van der Waals surface area contributed by atoms with Crippen LogP contribution in [-0.4, -0.2) is 39.9 Å². The molecule has 0 aliphatic heterocycles. The highest BCUT2D eigenvalue weighted by molar-refractivity contribution is 6.03. The molecule has 0 radical (unpaired) electrons. The summed E-state index contributed by atoms with van der Waals surface area (Å²) in [6.07, 6.45) is 0. The summed E-state index contributed by atoms with van der Waals surface area (Å²) in [5, 5.41) is 0. The third kappa shape index (κ3) is 3.24. The quantitative estimate of drug-likeness (QED) is 0.234. The molecule has 8 nitrogen and oxygen atoms in total. The summed E-state index contributed by atoms with van der Waals surface area (Å²) >= 11 is 0. The van der Waals surface area contributed by atoms with Crippen molar-refractivity contribution in [3.63, 3.8) is 0 Å². The van der Waals surface area contributed by atoms with E-state index in [1.165, 1.54) is 0 Å². The number of aromatic nitrogens is 8. The normalized spacial score (nSPS) is 11.7. The molecule has 8 heteroatoms. The molecule has 0 saturated heterocycles. The molecule has 4 aromatic heterocycles. The van der Waals surface area contributed by atoms with Crippen molar-refractivity contribution < 1.29 is 0 Å². The first-order chi connectivity index (χ1) is 18.8. The van der Waals surface area contributed by atoms with Crippen LogP contribution in [-0.2, 0) is 0 Å². The maximum absolute atomic E-state index is 4.98. The highest BCUT2D eigenvalue weighted by Gasteiger charge is 2.26. The Labute approximate surface area is 215 Å². The minimum Gasteiger partial charge on any atom is -0.338 e. The van der Waals surface area contributed by atoms with Crippen molar-refractivity contribution in [3.8, 4) is 0 Å². The predicted octanol–water partition coefficient (Wildman–Crippen LogP) is 6.20. The Morgan fingerprint density at radius 2 is 0.579 bits per heavy atom. The van der Waals surface area contributed by atoms with Crippen molar-refractivity contribution in [1.82, 2.24) is 39.9 Å². The highest BCUT2D eigenvalue weighted by atomic mass is 15.0. The van der Waals surface area contributed by atoms with Gasteiger partial charge in [0.25, 0.3) is 0 Å². The SMILES string of the molecule is c1ccc2[nH]c(C(=C(c3nc4ccccc4[nH]3)c3nc4ccccc4[nH]3)c3nc4ccccc4[nH]3)nc2c1. The summed E-state index contributed by atoms with van der Waals surface area (Å²) in [6, 6.07) is 32.0. The molecule has 0 unspecified atom stereocenters. The molecule has 4 aromatic carbocycles. The van der Waals surface area contributed by atoms with Crippen LogP contribution in [0.1, 0.15) is 23.3 Å². The second kappa shape index (κ2) is 8.01. The minimum absolute atomic E-state index is 0.668. The molecule has 8 aromatic rings. The molecular formula is C30H20N8. The fraction of sp³-hybridized carbons (Fsp3) is 0. The molecular weight excluding hydrogens is 472 g/mol. The van der Waals surface area contributed by atoms with Crippen LogP contribution in [0.15, 0.2) is 97.1 Å². The fourth-order valence-electron chi connectivity index (χ4n) is 4.98. The number of aromatic amines is 4. The lowest BCUT2D eigenvalue weighted by Gasteiger charge is -2.09. The third-order valence-corrected chi connectivity index (χ3v) is 6.75. The number of nitrogens with zero attached hydrogens (tertiary/aromatic N) is 4. The van der Waals surface area contributed by atoms with Crippen LogP contribution in [0.2, 0.25) is 0 Å². The Balaban J connectivity index is 1.52. The summed E-state index contributed by atoms with van der Waals surface area (Å²) in [5.41, 5.74) is 8.72. The Hall–Kier alpha value is -5.50. The summed E-state index contributed by atoms with van der Waals surface area (Å²) < 4.78 is 0. The monoisotopic (exact) mass is 492 g/mol. The van der Waals surface area contributed by atoms with E-state index in [2.05, 4.69) is 19.9 Å². The average molecular weight is 493 g/mol. The number of rotatable bonds is 4. The Bertz CT molecular complexity index is 1720. The smallest absolute Gasteiger partial charge is 0.143 e. The number of hydrogen-bond donors (Lipinski definition) is 4. The van der Waals surface area contributed by atoms with E-state index >= 15 is 0 Å². The van der Waals surface area contributed by atoms with Gasteiger partial charge >= 0.3 is 0 Å². The number of fused-ring (bicyclic) bond motifs is 4. The average Bonchev–Trinajstić information content (AvgIpc) is 3.73. The second-order valence-corrected chi connectivity index (χ2v) is 9.16. The Morgan fingerprint density at radius 1 is 0.342 bits per heavy atom. The van der Waals surface area contributed by atoms with Gasteiger partial charge < -0.3 is 19.9 Å². The van der Waals surface area contributed by atoms with Gasteiger partial charge in [0.1, 0.15) is 23.3 Å². The van der Waals surface area contributed by atoms with Crippen LogP contribution in [0.3, 0.4) is 0 Å². The van der Waals surface area contributed by atoms with Crippen molar-refractivity contribution >= 4 is 55.3 Å². The number of benzene rings is 4. The molecule has 38 heavy (non-hydrogen) atoms. The molecule has 0 spiro atoms. The summed E-state index contributed by atoms with van der Waals surface area (Å²) in [7, 11) is 0. The van der Waals surface area contributed by atoms with Gasteiger partial charge in [-0.3, -0.25) is 0 Å². The van der Waals surface area contributed by atoms with Gasteiger partial charge in [0, 0.05) is 0 Å². The molecule has 0 bridgehead atoms. The van der Waals surface area contributed by atoms with Crippen LogP contribution in [0.5, 0.6) is 0 Å². The van der Waals surface area contributed by atoms with E-state index < -0.39 is 0 Å². The van der Waals surface area contributed by atoms with Crippen LogP contribution in [0.4, 0.5) is 0 Å². The first-order valence-corrected chi connectivity index (χ1v) is 12.3. The first kappa shape index (κ1) is 20.7. The van der Waals surface area contributed by atoms with E-state index in [4.69, 9.17) is 19.9 Å². The molecule has 8 rings (SSSR count). The third-order valence-electron chi connectivity index (χ3n) is 6.75. The van der Waals surface area contributed by atoms with E-state index in [9.17, 15) is 0 Å². The van der Waals surface area contributed by atoms with Crippen LogP contribution in [0, 0.1) is 0 Å². The molecule has 4 N–H and O–H groups in total. The standard InChI is InChI=1S/C30H20N8/c1-2-10-18-17(9-1)31-27(32-18)25(28-33-19-11-3-4-12-20(19)34-28)26(29-35-21-13-5-6-14-22(21)36-29)30-37-23-15-7-8-16-24(23)38-30/h1-16H,(H,31,32)(H,33,34)(H,35,36)(H,37,38). The van der Waals surface area contributed by atoms with Gasteiger partial charge in [-0.25, -0.2) is 19.9 Å². The van der Waals surface area contributed by atoms with E-state index in [-0.39, 0.29) is 0 Å². The van der Waals surface area contributed by atoms with Crippen molar-refractivity contribution in [2.24, 2.45) is 0 Å². The first-order valence-electron chi connectivity index (χ1n) is 12.3. The zero-order chi connectivity index (χ0) is 25.1. The van der Waals surface area contributed by atoms with Crippen LogP contribution >= 0.6 is 0 Å². The van der Waals surface area contributed by atoms with Crippen molar-refractivity contribution in [1.29, 1.82) is 0 Å². The van der Waals surface area contributed by atoms with E-state index in [0.29, 0.717) is 23.3 Å².